The first kappa shape index (κ1) is 15.0. The molecule has 1 heterocycles. The van der Waals surface area contributed by atoms with Gasteiger partial charge in [-0.05, 0) is 26.2 Å². The zero-order chi connectivity index (χ0) is 13.4. The second kappa shape index (κ2) is 8.11. The molecule has 0 aliphatic carbocycles. The van der Waals surface area contributed by atoms with Crippen molar-refractivity contribution in [3.8, 4) is 0 Å². The van der Waals surface area contributed by atoms with Gasteiger partial charge in [0.05, 0.1) is 0 Å². The molecular weight excluding hydrogens is 228 g/mol. The van der Waals surface area contributed by atoms with E-state index in [1.54, 1.807) is 6.92 Å². The first-order chi connectivity index (χ1) is 8.65. The van der Waals surface area contributed by atoms with Crippen molar-refractivity contribution in [3.05, 3.63) is 0 Å². The summed E-state index contributed by atoms with van der Waals surface area (Å²) in [6, 6.07) is -0.373. The summed E-state index contributed by atoms with van der Waals surface area (Å²) >= 11 is 0. The summed E-state index contributed by atoms with van der Waals surface area (Å²) < 4.78 is 0. The van der Waals surface area contributed by atoms with Crippen molar-refractivity contribution < 1.29 is 9.59 Å². The average Bonchev–Trinajstić information content (AvgIpc) is 2.87. The van der Waals surface area contributed by atoms with Crippen LogP contribution in [0.25, 0.3) is 0 Å². The van der Waals surface area contributed by atoms with E-state index in [-0.39, 0.29) is 17.9 Å². The fraction of sp³-hybridized carbons (Fsp3) is 0.857. The summed E-state index contributed by atoms with van der Waals surface area (Å²) in [5.41, 5.74) is 0. The van der Waals surface area contributed by atoms with Gasteiger partial charge in [-0.2, -0.15) is 0 Å². The van der Waals surface area contributed by atoms with Gasteiger partial charge in [0, 0.05) is 19.5 Å². The normalized spacial score (nSPS) is 16.7. The lowest BCUT2D eigenvalue weighted by Crippen LogP contribution is -2.45. The molecule has 1 saturated heterocycles. The van der Waals surface area contributed by atoms with Gasteiger partial charge >= 0.3 is 0 Å². The maximum atomic E-state index is 12.0. The topological polar surface area (TPSA) is 49.4 Å². The molecule has 1 fully saturated rings. The van der Waals surface area contributed by atoms with Gasteiger partial charge in [-0.25, -0.2) is 0 Å². The van der Waals surface area contributed by atoms with Gasteiger partial charge < -0.3 is 10.2 Å². The lowest BCUT2D eigenvalue weighted by atomic mass is 10.1. The van der Waals surface area contributed by atoms with Gasteiger partial charge in [0.2, 0.25) is 11.8 Å². The lowest BCUT2D eigenvalue weighted by molar-refractivity contribution is -0.135. The van der Waals surface area contributed by atoms with E-state index in [0.717, 1.165) is 38.8 Å². The van der Waals surface area contributed by atoms with Crippen molar-refractivity contribution in [2.45, 2.75) is 64.8 Å². The van der Waals surface area contributed by atoms with Gasteiger partial charge in [0.25, 0.3) is 0 Å². The number of carbonyl (C=O) groups excluding carboxylic acids is 2. The molecule has 0 aromatic carbocycles. The molecule has 1 unspecified atom stereocenters. The van der Waals surface area contributed by atoms with E-state index in [1.165, 1.54) is 12.8 Å². The van der Waals surface area contributed by atoms with Crippen molar-refractivity contribution in [3.63, 3.8) is 0 Å². The molecule has 1 rings (SSSR count). The van der Waals surface area contributed by atoms with Crippen molar-refractivity contribution >= 4 is 11.8 Å². The molecule has 18 heavy (non-hydrogen) atoms. The monoisotopic (exact) mass is 254 g/mol. The Labute approximate surface area is 110 Å². The molecule has 0 saturated carbocycles. The Morgan fingerprint density at radius 2 is 1.83 bits per heavy atom. The van der Waals surface area contributed by atoms with Gasteiger partial charge in [0.1, 0.15) is 6.04 Å². The van der Waals surface area contributed by atoms with Crippen molar-refractivity contribution in [1.29, 1.82) is 0 Å². The summed E-state index contributed by atoms with van der Waals surface area (Å²) in [6.07, 6.45) is 7.08. The molecule has 1 aliphatic rings. The van der Waals surface area contributed by atoms with Crippen LogP contribution in [0.1, 0.15) is 58.8 Å². The summed E-state index contributed by atoms with van der Waals surface area (Å²) in [6.45, 7) is 5.62. The molecule has 4 nitrogen and oxygen atoms in total. The SMILES string of the molecule is CCCCCCC(=O)NC(C)C(=O)N1CCCC1. The van der Waals surface area contributed by atoms with Gasteiger partial charge in [-0.15, -0.1) is 0 Å². The zero-order valence-corrected chi connectivity index (χ0v) is 11.7. The number of nitrogens with one attached hydrogen (secondary N) is 1. The Kier molecular flexibility index (Phi) is 6.76. The number of carbonyl (C=O) groups is 2. The highest BCUT2D eigenvalue weighted by molar-refractivity contribution is 5.87. The molecule has 0 aromatic rings. The smallest absolute Gasteiger partial charge is 0.244 e. The number of amides is 2. The molecule has 2 amide bonds. The molecule has 4 heteroatoms. The summed E-state index contributed by atoms with van der Waals surface area (Å²) in [5.74, 6) is 0.0700. The van der Waals surface area contributed by atoms with E-state index >= 15 is 0 Å². The van der Waals surface area contributed by atoms with Crippen LogP contribution in [0, 0.1) is 0 Å². The minimum absolute atomic E-state index is 0.00569. The highest BCUT2D eigenvalue weighted by Gasteiger charge is 2.23. The number of unbranched alkanes of at least 4 members (excludes halogenated alkanes) is 3. The molecule has 1 aliphatic heterocycles. The van der Waals surface area contributed by atoms with Crippen molar-refractivity contribution in [1.82, 2.24) is 10.2 Å². The fourth-order valence-corrected chi connectivity index (χ4v) is 2.30. The second-order valence-electron chi connectivity index (χ2n) is 5.13. The maximum Gasteiger partial charge on any atom is 0.244 e. The molecule has 0 spiro atoms. The third kappa shape index (κ3) is 5.07. The highest BCUT2D eigenvalue weighted by atomic mass is 16.2. The van der Waals surface area contributed by atoms with E-state index < -0.39 is 0 Å². The predicted octanol–water partition coefficient (Wildman–Crippen LogP) is 2.08. The largest absolute Gasteiger partial charge is 0.345 e. The second-order valence-corrected chi connectivity index (χ2v) is 5.13. The van der Waals surface area contributed by atoms with Crippen LogP contribution in [0.5, 0.6) is 0 Å². The Morgan fingerprint density at radius 1 is 1.17 bits per heavy atom. The van der Waals surface area contributed by atoms with Crippen LogP contribution in [0.4, 0.5) is 0 Å². The molecule has 104 valence electrons. The summed E-state index contributed by atoms with van der Waals surface area (Å²) in [4.78, 5) is 25.5. The van der Waals surface area contributed by atoms with E-state index in [9.17, 15) is 9.59 Å². The van der Waals surface area contributed by atoms with Crippen LogP contribution in [0.3, 0.4) is 0 Å². The highest BCUT2D eigenvalue weighted by Crippen LogP contribution is 2.09. The lowest BCUT2D eigenvalue weighted by Gasteiger charge is -2.21. The van der Waals surface area contributed by atoms with Crippen LogP contribution < -0.4 is 5.32 Å². The molecule has 0 bridgehead atoms. The van der Waals surface area contributed by atoms with E-state index in [2.05, 4.69) is 12.2 Å². The van der Waals surface area contributed by atoms with Crippen LogP contribution >= 0.6 is 0 Å². The molecule has 1 N–H and O–H groups in total. The van der Waals surface area contributed by atoms with Crippen molar-refractivity contribution in [2.75, 3.05) is 13.1 Å². The average molecular weight is 254 g/mol. The zero-order valence-electron chi connectivity index (χ0n) is 11.7. The Morgan fingerprint density at radius 3 is 2.44 bits per heavy atom. The van der Waals surface area contributed by atoms with Crippen LogP contribution in [0.2, 0.25) is 0 Å². The fourth-order valence-electron chi connectivity index (χ4n) is 2.30. The van der Waals surface area contributed by atoms with Crippen molar-refractivity contribution in [2.24, 2.45) is 0 Å². The standard InChI is InChI=1S/C14H26N2O2/c1-3-4-5-6-9-13(17)15-12(2)14(18)16-10-7-8-11-16/h12H,3-11H2,1-2H3,(H,15,17). The minimum Gasteiger partial charge on any atom is -0.345 e. The number of nitrogens with zero attached hydrogens (tertiary/aromatic N) is 1. The Bertz CT molecular complexity index is 273. The van der Waals surface area contributed by atoms with E-state index in [0.29, 0.717) is 6.42 Å². The maximum absolute atomic E-state index is 12.0. The minimum atomic E-state index is -0.373. The quantitative estimate of drug-likeness (QED) is 0.707. The number of hydrogen-bond donors (Lipinski definition) is 1. The summed E-state index contributed by atoms with van der Waals surface area (Å²) in [7, 11) is 0. The molecule has 0 radical (unpaired) electrons. The Hall–Kier alpha value is -1.06. The van der Waals surface area contributed by atoms with E-state index in [4.69, 9.17) is 0 Å². The summed E-state index contributed by atoms with van der Waals surface area (Å²) in [5, 5.41) is 2.80. The van der Waals surface area contributed by atoms with Crippen LogP contribution in [-0.4, -0.2) is 35.8 Å². The van der Waals surface area contributed by atoms with Crippen LogP contribution in [0.15, 0.2) is 0 Å². The number of rotatable bonds is 7. The van der Waals surface area contributed by atoms with Crippen LogP contribution in [-0.2, 0) is 9.59 Å². The number of likely N-dealkylation sites (tertiary alicyclic amines) is 1. The Balaban J connectivity index is 2.19. The predicted molar refractivity (Wildman–Crippen MR) is 72.2 cm³/mol. The molecule has 0 aromatic heterocycles. The third-order valence-electron chi connectivity index (χ3n) is 3.42. The molecule has 1 atom stereocenters. The molecular formula is C14H26N2O2. The van der Waals surface area contributed by atoms with Gasteiger partial charge in [0.15, 0.2) is 0 Å². The van der Waals surface area contributed by atoms with Gasteiger partial charge in [-0.3, -0.25) is 9.59 Å². The third-order valence-corrected chi connectivity index (χ3v) is 3.42. The number of hydrogen-bond acceptors (Lipinski definition) is 2. The van der Waals surface area contributed by atoms with Gasteiger partial charge in [-0.1, -0.05) is 26.2 Å². The van der Waals surface area contributed by atoms with E-state index in [1.807, 2.05) is 4.90 Å². The first-order valence-corrected chi connectivity index (χ1v) is 7.23. The first-order valence-electron chi connectivity index (χ1n) is 7.23.